The molecule has 0 aliphatic carbocycles. The SMILES string of the molecule is CCCN(CC(=O)Nc1ccccc1C)[C@@H](C)c1ccccc1. The van der Waals surface area contributed by atoms with Crippen LogP contribution in [0.4, 0.5) is 5.69 Å². The second-order valence-corrected chi connectivity index (χ2v) is 5.92. The van der Waals surface area contributed by atoms with E-state index in [0.29, 0.717) is 6.54 Å². The average Bonchev–Trinajstić information content (AvgIpc) is 2.57. The Bertz CT molecular complexity index is 625. The zero-order valence-electron chi connectivity index (χ0n) is 14.3. The van der Waals surface area contributed by atoms with Gasteiger partial charge in [-0.05, 0) is 44.0 Å². The van der Waals surface area contributed by atoms with Crippen LogP contribution in [0, 0.1) is 6.92 Å². The van der Waals surface area contributed by atoms with Gasteiger partial charge in [0.15, 0.2) is 0 Å². The van der Waals surface area contributed by atoms with E-state index >= 15 is 0 Å². The van der Waals surface area contributed by atoms with Gasteiger partial charge in [0, 0.05) is 11.7 Å². The number of rotatable bonds is 7. The first kappa shape index (κ1) is 17.2. The number of nitrogens with one attached hydrogen (secondary N) is 1. The second kappa shape index (κ2) is 8.49. The maximum atomic E-state index is 12.4. The molecule has 0 radical (unpaired) electrons. The van der Waals surface area contributed by atoms with Gasteiger partial charge < -0.3 is 5.32 Å². The third-order valence-electron chi connectivity index (χ3n) is 4.11. The standard InChI is InChI=1S/C20H26N2O/c1-4-14-22(17(3)18-11-6-5-7-12-18)15-20(23)21-19-13-9-8-10-16(19)2/h5-13,17H,4,14-15H2,1-3H3,(H,21,23)/t17-/m0/s1. The van der Waals surface area contributed by atoms with Gasteiger partial charge >= 0.3 is 0 Å². The molecule has 0 spiro atoms. The highest BCUT2D eigenvalue weighted by atomic mass is 16.2. The molecule has 0 aliphatic heterocycles. The van der Waals surface area contributed by atoms with Crippen molar-refractivity contribution in [1.82, 2.24) is 4.90 Å². The Hall–Kier alpha value is -2.13. The van der Waals surface area contributed by atoms with E-state index in [-0.39, 0.29) is 11.9 Å². The largest absolute Gasteiger partial charge is 0.325 e. The third kappa shape index (κ3) is 4.93. The summed E-state index contributed by atoms with van der Waals surface area (Å²) in [5.41, 5.74) is 3.21. The number of nitrogens with zero attached hydrogens (tertiary/aromatic N) is 1. The summed E-state index contributed by atoms with van der Waals surface area (Å²) in [5.74, 6) is 0.0375. The van der Waals surface area contributed by atoms with Crippen LogP contribution >= 0.6 is 0 Å². The first-order valence-corrected chi connectivity index (χ1v) is 8.26. The Balaban J connectivity index is 2.04. The molecule has 0 saturated heterocycles. The van der Waals surface area contributed by atoms with Crippen molar-refractivity contribution in [3.05, 3.63) is 65.7 Å². The number of carbonyl (C=O) groups is 1. The molecule has 2 rings (SSSR count). The van der Waals surface area contributed by atoms with E-state index in [1.807, 2.05) is 49.4 Å². The molecule has 1 N–H and O–H groups in total. The fourth-order valence-electron chi connectivity index (χ4n) is 2.73. The number of carbonyl (C=O) groups excluding carboxylic acids is 1. The van der Waals surface area contributed by atoms with Crippen molar-refractivity contribution >= 4 is 11.6 Å². The molecule has 3 heteroatoms. The van der Waals surface area contributed by atoms with Crippen LogP contribution in [0.2, 0.25) is 0 Å². The smallest absolute Gasteiger partial charge is 0.238 e. The zero-order chi connectivity index (χ0) is 16.7. The van der Waals surface area contributed by atoms with E-state index < -0.39 is 0 Å². The minimum atomic E-state index is 0.0375. The summed E-state index contributed by atoms with van der Waals surface area (Å²) < 4.78 is 0. The summed E-state index contributed by atoms with van der Waals surface area (Å²) in [6.45, 7) is 7.61. The number of benzene rings is 2. The van der Waals surface area contributed by atoms with E-state index in [2.05, 4.69) is 36.2 Å². The van der Waals surface area contributed by atoms with Crippen LogP contribution in [0.25, 0.3) is 0 Å². The highest BCUT2D eigenvalue weighted by Gasteiger charge is 2.18. The van der Waals surface area contributed by atoms with E-state index in [1.54, 1.807) is 0 Å². The Morgan fingerprint density at radius 3 is 2.39 bits per heavy atom. The lowest BCUT2D eigenvalue weighted by Crippen LogP contribution is -2.36. The quantitative estimate of drug-likeness (QED) is 0.821. The van der Waals surface area contributed by atoms with Gasteiger partial charge in [0.05, 0.1) is 6.54 Å². The number of para-hydroxylation sites is 1. The minimum absolute atomic E-state index is 0.0375. The maximum absolute atomic E-state index is 12.4. The Morgan fingerprint density at radius 1 is 1.09 bits per heavy atom. The van der Waals surface area contributed by atoms with Crippen LogP contribution in [0.5, 0.6) is 0 Å². The lowest BCUT2D eigenvalue weighted by molar-refractivity contribution is -0.117. The molecule has 2 aromatic rings. The fraction of sp³-hybridized carbons (Fsp3) is 0.350. The van der Waals surface area contributed by atoms with Crippen molar-refractivity contribution in [3.8, 4) is 0 Å². The summed E-state index contributed by atoms with van der Waals surface area (Å²) >= 11 is 0. The third-order valence-corrected chi connectivity index (χ3v) is 4.11. The molecule has 0 saturated carbocycles. The van der Waals surface area contributed by atoms with Gasteiger partial charge in [0.2, 0.25) is 5.91 Å². The monoisotopic (exact) mass is 310 g/mol. The lowest BCUT2D eigenvalue weighted by Gasteiger charge is -2.28. The molecule has 1 atom stereocenters. The van der Waals surface area contributed by atoms with Crippen LogP contribution < -0.4 is 5.32 Å². The van der Waals surface area contributed by atoms with Gasteiger partial charge in [-0.25, -0.2) is 0 Å². The molecule has 23 heavy (non-hydrogen) atoms. The van der Waals surface area contributed by atoms with E-state index in [9.17, 15) is 4.79 Å². The van der Waals surface area contributed by atoms with Crippen molar-refractivity contribution < 1.29 is 4.79 Å². The van der Waals surface area contributed by atoms with Gasteiger partial charge in [-0.2, -0.15) is 0 Å². The molecule has 0 aromatic heterocycles. The number of anilines is 1. The van der Waals surface area contributed by atoms with Gasteiger partial charge in [-0.1, -0.05) is 55.5 Å². The summed E-state index contributed by atoms with van der Waals surface area (Å²) in [6, 6.07) is 18.4. The normalized spacial score (nSPS) is 12.2. The van der Waals surface area contributed by atoms with Crippen LogP contribution in [0.15, 0.2) is 54.6 Å². The summed E-state index contributed by atoms with van der Waals surface area (Å²) in [6.07, 6.45) is 1.02. The molecule has 0 bridgehead atoms. The molecular weight excluding hydrogens is 284 g/mol. The van der Waals surface area contributed by atoms with Crippen LogP contribution in [0.1, 0.15) is 37.4 Å². The molecule has 0 unspecified atom stereocenters. The average molecular weight is 310 g/mol. The first-order chi connectivity index (χ1) is 11.1. The topological polar surface area (TPSA) is 32.3 Å². The number of hydrogen-bond donors (Lipinski definition) is 1. The lowest BCUT2D eigenvalue weighted by atomic mass is 10.1. The van der Waals surface area contributed by atoms with E-state index in [4.69, 9.17) is 0 Å². The second-order valence-electron chi connectivity index (χ2n) is 5.92. The van der Waals surface area contributed by atoms with Crippen molar-refractivity contribution in [3.63, 3.8) is 0 Å². The van der Waals surface area contributed by atoms with Gasteiger partial charge in [-0.15, -0.1) is 0 Å². The zero-order valence-corrected chi connectivity index (χ0v) is 14.3. The summed E-state index contributed by atoms with van der Waals surface area (Å²) in [5, 5.41) is 3.02. The highest BCUT2D eigenvalue weighted by Crippen LogP contribution is 2.20. The Morgan fingerprint density at radius 2 is 1.74 bits per heavy atom. The molecule has 1 amide bonds. The van der Waals surface area contributed by atoms with Crippen molar-refractivity contribution in [2.75, 3.05) is 18.4 Å². The molecule has 0 heterocycles. The molecule has 3 nitrogen and oxygen atoms in total. The maximum Gasteiger partial charge on any atom is 0.238 e. The van der Waals surface area contributed by atoms with Gasteiger partial charge in [-0.3, -0.25) is 9.69 Å². The van der Waals surface area contributed by atoms with Crippen molar-refractivity contribution in [1.29, 1.82) is 0 Å². The first-order valence-electron chi connectivity index (χ1n) is 8.26. The number of hydrogen-bond acceptors (Lipinski definition) is 2. The predicted octanol–water partition coefficient (Wildman–Crippen LogP) is 4.41. The molecule has 122 valence electrons. The molecule has 0 aliphatic rings. The van der Waals surface area contributed by atoms with E-state index in [0.717, 1.165) is 24.2 Å². The predicted molar refractivity (Wildman–Crippen MR) is 96.5 cm³/mol. The van der Waals surface area contributed by atoms with Gasteiger partial charge in [0.25, 0.3) is 0 Å². The molecule has 0 fully saturated rings. The van der Waals surface area contributed by atoms with Gasteiger partial charge in [0.1, 0.15) is 0 Å². The minimum Gasteiger partial charge on any atom is -0.325 e. The van der Waals surface area contributed by atoms with Crippen LogP contribution in [-0.2, 0) is 4.79 Å². The van der Waals surface area contributed by atoms with Crippen molar-refractivity contribution in [2.45, 2.75) is 33.2 Å². The highest BCUT2D eigenvalue weighted by molar-refractivity contribution is 5.92. The Kier molecular flexibility index (Phi) is 6.36. The molecular formula is C20H26N2O. The number of amides is 1. The number of aryl methyl sites for hydroxylation is 1. The summed E-state index contributed by atoms with van der Waals surface area (Å²) in [7, 11) is 0. The Labute approximate surface area is 139 Å². The van der Waals surface area contributed by atoms with Crippen LogP contribution in [-0.4, -0.2) is 23.9 Å². The molecule has 2 aromatic carbocycles. The van der Waals surface area contributed by atoms with Crippen molar-refractivity contribution in [2.24, 2.45) is 0 Å². The fourth-order valence-corrected chi connectivity index (χ4v) is 2.73. The summed E-state index contributed by atoms with van der Waals surface area (Å²) in [4.78, 5) is 14.7. The van der Waals surface area contributed by atoms with Crippen LogP contribution in [0.3, 0.4) is 0 Å². The van der Waals surface area contributed by atoms with E-state index in [1.165, 1.54) is 5.56 Å².